The van der Waals surface area contributed by atoms with Gasteiger partial charge in [0.25, 0.3) is 0 Å². The highest BCUT2D eigenvalue weighted by molar-refractivity contribution is 6.06. The quantitative estimate of drug-likeness (QED) is 0.621. The zero-order valence-corrected chi connectivity index (χ0v) is 11.6. The average molecular weight is 298 g/mol. The first kappa shape index (κ1) is 12.9. The second-order valence-electron chi connectivity index (χ2n) is 5.76. The van der Waals surface area contributed by atoms with Crippen LogP contribution in [0.3, 0.4) is 0 Å². The maximum absolute atomic E-state index is 12.5. The first-order valence-corrected chi connectivity index (χ1v) is 7.02. The van der Waals surface area contributed by atoms with Gasteiger partial charge in [-0.15, -0.1) is 0 Å². The molecular weight excluding hydrogens is 284 g/mol. The Bertz CT molecular complexity index is 768. The van der Waals surface area contributed by atoms with Crippen molar-refractivity contribution in [2.24, 2.45) is 0 Å². The molecule has 4 N–H and O–H groups in total. The molecule has 7 heteroatoms. The summed E-state index contributed by atoms with van der Waals surface area (Å²) in [6.45, 7) is 0.548. The molecule has 0 saturated heterocycles. The SMILES string of the molecule is O=C(O)NC1=CC2=C(CN1)CC1(C2)C(=O)Nc2ncccc21. The lowest BCUT2D eigenvalue weighted by molar-refractivity contribution is -0.120. The van der Waals surface area contributed by atoms with E-state index in [1.165, 1.54) is 0 Å². The van der Waals surface area contributed by atoms with Crippen LogP contribution in [0, 0.1) is 0 Å². The van der Waals surface area contributed by atoms with Crippen LogP contribution in [0.2, 0.25) is 0 Å². The second-order valence-corrected chi connectivity index (χ2v) is 5.76. The van der Waals surface area contributed by atoms with Gasteiger partial charge >= 0.3 is 6.09 Å². The summed E-state index contributed by atoms with van der Waals surface area (Å²) < 4.78 is 0. The van der Waals surface area contributed by atoms with Crippen LogP contribution in [-0.4, -0.2) is 28.6 Å². The summed E-state index contributed by atoms with van der Waals surface area (Å²) in [5, 5.41) is 17.0. The number of amides is 2. The minimum absolute atomic E-state index is 0.0308. The number of anilines is 1. The summed E-state index contributed by atoms with van der Waals surface area (Å²) in [7, 11) is 0. The lowest BCUT2D eigenvalue weighted by atomic mass is 9.78. The predicted octanol–water partition coefficient (Wildman–Crippen LogP) is 1.07. The van der Waals surface area contributed by atoms with Crippen molar-refractivity contribution in [1.29, 1.82) is 0 Å². The van der Waals surface area contributed by atoms with Gasteiger partial charge in [-0.2, -0.15) is 0 Å². The van der Waals surface area contributed by atoms with E-state index in [4.69, 9.17) is 5.11 Å². The molecule has 0 saturated carbocycles. The molecule has 112 valence electrons. The summed E-state index contributed by atoms with van der Waals surface area (Å²) in [6, 6.07) is 3.77. The van der Waals surface area contributed by atoms with Crippen LogP contribution in [0.15, 0.2) is 41.4 Å². The van der Waals surface area contributed by atoms with Crippen molar-refractivity contribution in [2.75, 3.05) is 11.9 Å². The number of dihydropyridines is 1. The fourth-order valence-electron chi connectivity index (χ4n) is 3.53. The summed E-state index contributed by atoms with van der Waals surface area (Å²) in [6.07, 6.45) is 3.54. The average Bonchev–Trinajstić information content (AvgIpc) is 2.98. The van der Waals surface area contributed by atoms with Crippen molar-refractivity contribution in [3.63, 3.8) is 0 Å². The molecule has 1 unspecified atom stereocenters. The fraction of sp³-hybridized carbons (Fsp3) is 0.267. The third-order valence-corrected chi connectivity index (χ3v) is 4.50. The number of carbonyl (C=O) groups is 2. The molecule has 0 fully saturated rings. The van der Waals surface area contributed by atoms with E-state index < -0.39 is 11.5 Å². The van der Waals surface area contributed by atoms with Gasteiger partial charge in [-0.3, -0.25) is 10.1 Å². The Balaban J connectivity index is 1.69. The fourth-order valence-corrected chi connectivity index (χ4v) is 3.53. The maximum Gasteiger partial charge on any atom is 0.410 e. The smallest absolute Gasteiger partial charge is 0.410 e. The van der Waals surface area contributed by atoms with Crippen LogP contribution >= 0.6 is 0 Å². The number of nitrogens with one attached hydrogen (secondary N) is 3. The Kier molecular flexibility index (Phi) is 2.53. The highest BCUT2D eigenvalue weighted by Crippen LogP contribution is 2.50. The molecule has 4 rings (SSSR count). The molecule has 0 radical (unpaired) electrons. The van der Waals surface area contributed by atoms with Crippen LogP contribution < -0.4 is 16.0 Å². The van der Waals surface area contributed by atoms with Gasteiger partial charge in [-0.1, -0.05) is 6.07 Å². The van der Waals surface area contributed by atoms with Crippen LogP contribution in [0.5, 0.6) is 0 Å². The molecule has 3 heterocycles. The Labute approximate surface area is 126 Å². The number of hydrogen-bond donors (Lipinski definition) is 4. The Hall–Kier alpha value is -2.83. The zero-order chi connectivity index (χ0) is 15.3. The van der Waals surface area contributed by atoms with E-state index in [1.54, 1.807) is 12.3 Å². The topological polar surface area (TPSA) is 103 Å². The molecule has 1 aromatic rings. The van der Waals surface area contributed by atoms with Crippen molar-refractivity contribution < 1.29 is 14.7 Å². The van der Waals surface area contributed by atoms with E-state index in [0.717, 1.165) is 16.7 Å². The number of nitrogens with zero attached hydrogens (tertiary/aromatic N) is 1. The van der Waals surface area contributed by atoms with Crippen LogP contribution in [-0.2, 0) is 10.2 Å². The van der Waals surface area contributed by atoms with Crippen molar-refractivity contribution in [3.8, 4) is 0 Å². The third kappa shape index (κ3) is 1.71. The summed E-state index contributed by atoms with van der Waals surface area (Å²) in [5.74, 6) is 1.05. The molecule has 22 heavy (non-hydrogen) atoms. The molecule has 0 aromatic carbocycles. The van der Waals surface area contributed by atoms with Gasteiger partial charge in [0, 0.05) is 18.3 Å². The molecule has 1 spiro atoms. The number of carbonyl (C=O) groups excluding carboxylic acids is 1. The van der Waals surface area contributed by atoms with E-state index in [2.05, 4.69) is 20.9 Å². The number of pyridine rings is 1. The van der Waals surface area contributed by atoms with Crippen molar-refractivity contribution >= 4 is 17.8 Å². The number of fused-ring (bicyclic) bond motifs is 2. The van der Waals surface area contributed by atoms with Crippen molar-refractivity contribution in [2.45, 2.75) is 18.3 Å². The standard InChI is InChI=1S/C15H14N4O3/c20-13-15(10-2-1-3-16-12(10)19-13)5-8-4-11(18-14(21)22)17-7-9(8)6-15/h1-4,17-18H,5-7H2,(H,21,22)(H,16,19,20). The molecule has 2 amide bonds. The molecule has 1 atom stereocenters. The first-order chi connectivity index (χ1) is 10.6. The second kappa shape index (κ2) is 4.33. The highest BCUT2D eigenvalue weighted by atomic mass is 16.4. The number of hydrogen-bond acceptors (Lipinski definition) is 4. The van der Waals surface area contributed by atoms with Crippen molar-refractivity contribution in [3.05, 3.63) is 46.9 Å². The van der Waals surface area contributed by atoms with Gasteiger partial charge in [0.1, 0.15) is 11.6 Å². The monoisotopic (exact) mass is 298 g/mol. The highest BCUT2D eigenvalue weighted by Gasteiger charge is 2.51. The Morgan fingerprint density at radius 3 is 3.09 bits per heavy atom. The summed E-state index contributed by atoms with van der Waals surface area (Å²) >= 11 is 0. The lowest BCUT2D eigenvalue weighted by Crippen LogP contribution is -2.34. The van der Waals surface area contributed by atoms with Crippen LogP contribution in [0.1, 0.15) is 18.4 Å². The normalized spacial score (nSPS) is 25.3. The number of allylic oxidation sites excluding steroid dienone is 2. The lowest BCUT2D eigenvalue weighted by Gasteiger charge is -2.21. The van der Waals surface area contributed by atoms with Gasteiger partial charge in [-0.25, -0.2) is 9.78 Å². The largest absolute Gasteiger partial charge is 0.465 e. The maximum atomic E-state index is 12.5. The molecule has 3 aliphatic rings. The number of carboxylic acid groups (broad SMARTS) is 1. The van der Waals surface area contributed by atoms with Gasteiger partial charge < -0.3 is 15.7 Å². The van der Waals surface area contributed by atoms with Gasteiger partial charge in [0.2, 0.25) is 5.91 Å². The summed E-state index contributed by atoms with van der Waals surface area (Å²) in [5.41, 5.74) is 2.48. The molecule has 1 aliphatic carbocycles. The first-order valence-electron chi connectivity index (χ1n) is 7.02. The molecule has 2 aliphatic heterocycles. The predicted molar refractivity (Wildman–Crippen MR) is 78.1 cm³/mol. The van der Waals surface area contributed by atoms with E-state index in [0.29, 0.717) is 31.0 Å². The zero-order valence-electron chi connectivity index (χ0n) is 11.6. The molecular formula is C15H14N4O3. The van der Waals surface area contributed by atoms with E-state index in [1.807, 2.05) is 12.1 Å². The molecule has 1 aromatic heterocycles. The van der Waals surface area contributed by atoms with Gasteiger partial charge in [-0.05, 0) is 36.1 Å². The number of rotatable bonds is 1. The van der Waals surface area contributed by atoms with E-state index in [9.17, 15) is 9.59 Å². The van der Waals surface area contributed by atoms with E-state index in [-0.39, 0.29) is 5.91 Å². The van der Waals surface area contributed by atoms with E-state index >= 15 is 0 Å². The minimum Gasteiger partial charge on any atom is -0.465 e. The Morgan fingerprint density at radius 1 is 1.41 bits per heavy atom. The van der Waals surface area contributed by atoms with Crippen LogP contribution in [0.25, 0.3) is 0 Å². The minimum atomic E-state index is -1.11. The van der Waals surface area contributed by atoms with Crippen LogP contribution in [0.4, 0.5) is 10.6 Å². The summed E-state index contributed by atoms with van der Waals surface area (Å²) in [4.78, 5) is 27.5. The van der Waals surface area contributed by atoms with Gasteiger partial charge in [0.15, 0.2) is 0 Å². The van der Waals surface area contributed by atoms with Crippen molar-refractivity contribution in [1.82, 2.24) is 15.6 Å². The third-order valence-electron chi connectivity index (χ3n) is 4.50. The van der Waals surface area contributed by atoms with Gasteiger partial charge in [0.05, 0.1) is 5.41 Å². The molecule has 7 nitrogen and oxygen atoms in total. The number of aromatic nitrogens is 1. The Morgan fingerprint density at radius 2 is 2.27 bits per heavy atom. The molecule has 0 bridgehead atoms.